The molecule has 5 heteroatoms. The van der Waals surface area contributed by atoms with E-state index < -0.39 is 5.97 Å². The van der Waals surface area contributed by atoms with Gasteiger partial charge in [0.1, 0.15) is 11.6 Å². The molecule has 0 aliphatic rings. The third-order valence-electron chi connectivity index (χ3n) is 4.32. The van der Waals surface area contributed by atoms with E-state index in [2.05, 4.69) is 0 Å². The molecule has 28 heavy (non-hydrogen) atoms. The number of carbonyl (C=O) groups is 2. The molecule has 0 radical (unpaired) electrons. The largest absolute Gasteiger partial charge is 0.426 e. The van der Waals surface area contributed by atoms with E-state index in [4.69, 9.17) is 4.74 Å². The Morgan fingerprint density at radius 3 is 2.11 bits per heavy atom. The first kappa shape index (κ1) is 19.3. The second kappa shape index (κ2) is 8.48. The summed E-state index contributed by atoms with van der Waals surface area (Å²) in [4.78, 5) is 26.1. The molecule has 0 aromatic heterocycles. The molecule has 3 aromatic rings. The fourth-order valence-electron chi connectivity index (χ4n) is 2.68. The van der Waals surface area contributed by atoms with Crippen LogP contribution in [0.2, 0.25) is 0 Å². The first-order valence-corrected chi connectivity index (χ1v) is 8.82. The Labute approximate surface area is 163 Å². The number of hydrogen-bond donors (Lipinski definition) is 0. The summed E-state index contributed by atoms with van der Waals surface area (Å²) in [6.07, 6.45) is 0.0494. The molecule has 0 aliphatic carbocycles. The number of nitrogens with zero attached hydrogens (tertiary/aromatic N) is 1. The third-order valence-corrected chi connectivity index (χ3v) is 4.32. The van der Waals surface area contributed by atoms with Crippen LogP contribution in [-0.4, -0.2) is 18.9 Å². The highest BCUT2D eigenvalue weighted by molar-refractivity contribution is 6.05. The predicted octanol–water partition coefficient (Wildman–Crippen LogP) is 4.56. The zero-order valence-corrected chi connectivity index (χ0v) is 15.7. The highest BCUT2D eigenvalue weighted by Gasteiger charge is 2.14. The summed E-state index contributed by atoms with van der Waals surface area (Å²) in [6, 6.07) is 19.8. The maximum absolute atomic E-state index is 12.9. The molecule has 0 saturated carbocycles. The summed E-state index contributed by atoms with van der Waals surface area (Å²) in [7, 11) is 1.69. The van der Waals surface area contributed by atoms with Crippen molar-refractivity contribution in [3.05, 3.63) is 95.3 Å². The summed E-state index contributed by atoms with van der Waals surface area (Å²) < 4.78 is 18.2. The maximum atomic E-state index is 12.9. The molecule has 3 aromatic carbocycles. The number of esters is 1. The van der Waals surface area contributed by atoms with Crippen molar-refractivity contribution in [1.82, 2.24) is 0 Å². The topological polar surface area (TPSA) is 46.6 Å². The highest BCUT2D eigenvalue weighted by Crippen LogP contribution is 2.21. The monoisotopic (exact) mass is 377 g/mol. The van der Waals surface area contributed by atoms with E-state index in [0.717, 1.165) is 5.56 Å². The van der Waals surface area contributed by atoms with Crippen molar-refractivity contribution < 1.29 is 18.7 Å². The quantitative estimate of drug-likeness (QED) is 0.484. The van der Waals surface area contributed by atoms with Crippen LogP contribution in [0.5, 0.6) is 5.75 Å². The van der Waals surface area contributed by atoms with Crippen LogP contribution in [0.1, 0.15) is 21.5 Å². The lowest BCUT2D eigenvalue weighted by Gasteiger charge is -2.18. The number of anilines is 1. The average Bonchev–Trinajstić information content (AvgIpc) is 2.70. The lowest BCUT2D eigenvalue weighted by Crippen LogP contribution is -2.26. The maximum Gasteiger partial charge on any atom is 0.315 e. The molecule has 0 spiro atoms. The van der Waals surface area contributed by atoms with Crippen molar-refractivity contribution in [3.63, 3.8) is 0 Å². The summed E-state index contributed by atoms with van der Waals surface area (Å²) in [5, 5.41) is 0. The Hall–Kier alpha value is -3.47. The van der Waals surface area contributed by atoms with E-state index in [1.54, 1.807) is 55.6 Å². The van der Waals surface area contributed by atoms with Crippen molar-refractivity contribution in [2.75, 3.05) is 11.9 Å². The fraction of sp³-hybridized carbons (Fsp3) is 0.130. The Bertz CT molecular complexity index is 964. The number of carbonyl (C=O) groups excluding carboxylic acids is 2. The van der Waals surface area contributed by atoms with Gasteiger partial charge in [0.2, 0.25) is 0 Å². The van der Waals surface area contributed by atoms with Gasteiger partial charge in [-0.25, -0.2) is 4.39 Å². The smallest absolute Gasteiger partial charge is 0.315 e. The van der Waals surface area contributed by atoms with Crippen LogP contribution in [-0.2, 0) is 11.2 Å². The summed E-state index contributed by atoms with van der Waals surface area (Å²) >= 11 is 0. The third kappa shape index (κ3) is 4.82. The molecule has 0 aliphatic heterocycles. The molecule has 0 fully saturated rings. The standard InChI is InChI=1S/C23H20FNO3/c1-16-3-7-18(8-4-16)23(27)25(2)20-11-13-21(14-12-20)28-22(26)15-17-5-9-19(24)10-6-17/h3-14H,15H2,1-2H3. The number of ether oxygens (including phenoxy) is 1. The van der Waals surface area contributed by atoms with Gasteiger partial charge in [0, 0.05) is 18.3 Å². The molecule has 4 nitrogen and oxygen atoms in total. The van der Waals surface area contributed by atoms with Crippen LogP contribution in [0.15, 0.2) is 72.8 Å². The minimum Gasteiger partial charge on any atom is -0.426 e. The Kier molecular flexibility index (Phi) is 5.84. The number of hydrogen-bond acceptors (Lipinski definition) is 3. The lowest BCUT2D eigenvalue weighted by atomic mass is 10.1. The minimum atomic E-state index is -0.441. The number of rotatable bonds is 5. The van der Waals surface area contributed by atoms with Crippen LogP contribution in [0.3, 0.4) is 0 Å². The second-order valence-corrected chi connectivity index (χ2v) is 6.50. The zero-order valence-electron chi connectivity index (χ0n) is 15.7. The first-order chi connectivity index (χ1) is 13.4. The van der Waals surface area contributed by atoms with Crippen molar-refractivity contribution in [1.29, 1.82) is 0 Å². The van der Waals surface area contributed by atoms with Crippen molar-refractivity contribution in [2.24, 2.45) is 0 Å². The van der Waals surface area contributed by atoms with Crippen molar-refractivity contribution in [3.8, 4) is 5.75 Å². The van der Waals surface area contributed by atoms with Gasteiger partial charge in [-0.1, -0.05) is 29.8 Å². The van der Waals surface area contributed by atoms with Crippen molar-refractivity contribution >= 4 is 17.6 Å². The molecule has 0 atom stereocenters. The van der Waals surface area contributed by atoms with Gasteiger partial charge in [-0.2, -0.15) is 0 Å². The van der Waals surface area contributed by atoms with Crippen molar-refractivity contribution in [2.45, 2.75) is 13.3 Å². The minimum absolute atomic E-state index is 0.0494. The van der Waals surface area contributed by atoms with Crippen LogP contribution in [0.4, 0.5) is 10.1 Å². The van der Waals surface area contributed by atoms with E-state index in [9.17, 15) is 14.0 Å². The summed E-state index contributed by atoms with van der Waals surface area (Å²) in [6.45, 7) is 1.97. The van der Waals surface area contributed by atoms with Gasteiger partial charge in [0.05, 0.1) is 6.42 Å². The molecule has 1 amide bonds. The van der Waals surface area contributed by atoms with Crippen LogP contribution in [0.25, 0.3) is 0 Å². The number of amides is 1. The zero-order chi connectivity index (χ0) is 20.1. The normalized spacial score (nSPS) is 10.4. The molecule has 0 unspecified atom stereocenters. The van der Waals surface area contributed by atoms with Gasteiger partial charge < -0.3 is 9.64 Å². The fourth-order valence-corrected chi connectivity index (χ4v) is 2.68. The lowest BCUT2D eigenvalue weighted by molar-refractivity contribution is -0.133. The molecule has 3 rings (SSSR count). The molecular formula is C23H20FNO3. The SMILES string of the molecule is Cc1ccc(C(=O)N(C)c2ccc(OC(=O)Cc3ccc(F)cc3)cc2)cc1. The molecule has 0 heterocycles. The Balaban J connectivity index is 1.62. The van der Waals surface area contributed by atoms with E-state index in [1.807, 2.05) is 19.1 Å². The van der Waals surface area contributed by atoms with E-state index >= 15 is 0 Å². The van der Waals surface area contributed by atoms with Gasteiger partial charge in [-0.3, -0.25) is 9.59 Å². The first-order valence-electron chi connectivity index (χ1n) is 8.82. The molecule has 142 valence electrons. The molecule has 0 bridgehead atoms. The van der Waals surface area contributed by atoms with E-state index in [0.29, 0.717) is 22.6 Å². The van der Waals surface area contributed by atoms with Gasteiger partial charge in [-0.05, 0) is 61.0 Å². The van der Waals surface area contributed by atoms with Gasteiger partial charge >= 0.3 is 5.97 Å². The van der Waals surface area contributed by atoms with E-state index in [1.165, 1.54) is 17.0 Å². The van der Waals surface area contributed by atoms with Gasteiger partial charge in [-0.15, -0.1) is 0 Å². The number of aryl methyl sites for hydroxylation is 1. The Morgan fingerprint density at radius 1 is 0.893 bits per heavy atom. The predicted molar refractivity (Wildman–Crippen MR) is 106 cm³/mol. The van der Waals surface area contributed by atoms with Gasteiger partial charge in [0.15, 0.2) is 0 Å². The second-order valence-electron chi connectivity index (χ2n) is 6.50. The van der Waals surface area contributed by atoms with E-state index in [-0.39, 0.29) is 18.1 Å². The molecule has 0 saturated heterocycles. The Morgan fingerprint density at radius 2 is 1.50 bits per heavy atom. The number of halogens is 1. The van der Waals surface area contributed by atoms with Crippen LogP contribution < -0.4 is 9.64 Å². The summed E-state index contributed by atoms with van der Waals surface area (Å²) in [5.41, 5.74) is 3.05. The molecular weight excluding hydrogens is 357 g/mol. The number of benzene rings is 3. The van der Waals surface area contributed by atoms with Gasteiger partial charge in [0.25, 0.3) is 5.91 Å². The summed E-state index contributed by atoms with van der Waals surface area (Å²) in [5.74, 6) is -0.534. The van der Waals surface area contributed by atoms with Crippen LogP contribution in [0, 0.1) is 12.7 Å². The average molecular weight is 377 g/mol. The van der Waals surface area contributed by atoms with Crippen LogP contribution >= 0.6 is 0 Å². The highest BCUT2D eigenvalue weighted by atomic mass is 19.1. The molecule has 0 N–H and O–H groups in total.